The van der Waals surface area contributed by atoms with Crippen LogP contribution in [0.2, 0.25) is 0 Å². The van der Waals surface area contributed by atoms with Gasteiger partial charge < -0.3 is 19.5 Å². The molecular formula is C21H26N2O4. The Kier molecular flexibility index (Phi) is 6.32. The SMILES string of the molecule is COC(=O)c1cc2c(cc1OC)[C@H](NCOCc1ccccc1)C[C@H](C)N2. The Labute approximate surface area is 159 Å². The second kappa shape index (κ2) is 8.88. The molecule has 0 amide bonds. The monoisotopic (exact) mass is 370 g/mol. The summed E-state index contributed by atoms with van der Waals surface area (Å²) in [6, 6.07) is 14.2. The second-order valence-corrected chi connectivity index (χ2v) is 6.65. The molecule has 0 aromatic heterocycles. The zero-order chi connectivity index (χ0) is 19.2. The van der Waals surface area contributed by atoms with Gasteiger partial charge in [0, 0.05) is 17.8 Å². The van der Waals surface area contributed by atoms with Gasteiger partial charge in [-0.25, -0.2) is 4.79 Å². The summed E-state index contributed by atoms with van der Waals surface area (Å²) in [5, 5.41) is 6.89. The molecular weight excluding hydrogens is 344 g/mol. The Balaban J connectivity index is 1.71. The van der Waals surface area contributed by atoms with Crippen molar-refractivity contribution in [2.24, 2.45) is 0 Å². The molecule has 6 nitrogen and oxygen atoms in total. The van der Waals surface area contributed by atoms with Crippen LogP contribution in [0.1, 0.15) is 40.9 Å². The summed E-state index contributed by atoms with van der Waals surface area (Å²) >= 11 is 0. The van der Waals surface area contributed by atoms with Gasteiger partial charge in [0.05, 0.1) is 27.6 Å². The Morgan fingerprint density at radius 2 is 2.00 bits per heavy atom. The van der Waals surface area contributed by atoms with Gasteiger partial charge >= 0.3 is 5.97 Å². The predicted molar refractivity (Wildman–Crippen MR) is 104 cm³/mol. The van der Waals surface area contributed by atoms with Crippen LogP contribution in [0.3, 0.4) is 0 Å². The lowest BCUT2D eigenvalue weighted by atomic mass is 9.92. The van der Waals surface area contributed by atoms with E-state index in [1.165, 1.54) is 7.11 Å². The molecule has 6 heteroatoms. The van der Waals surface area contributed by atoms with Crippen molar-refractivity contribution in [2.75, 3.05) is 26.3 Å². The topological polar surface area (TPSA) is 68.8 Å². The van der Waals surface area contributed by atoms with E-state index >= 15 is 0 Å². The molecule has 0 spiro atoms. The molecule has 27 heavy (non-hydrogen) atoms. The van der Waals surface area contributed by atoms with Crippen LogP contribution in [0.15, 0.2) is 42.5 Å². The molecule has 0 fully saturated rings. The van der Waals surface area contributed by atoms with Crippen LogP contribution in [0, 0.1) is 0 Å². The number of methoxy groups -OCH3 is 2. The zero-order valence-electron chi connectivity index (χ0n) is 16.0. The fourth-order valence-electron chi connectivity index (χ4n) is 3.35. The quantitative estimate of drug-likeness (QED) is 0.442. The van der Waals surface area contributed by atoms with Crippen molar-refractivity contribution in [1.82, 2.24) is 5.32 Å². The number of rotatable bonds is 7. The maximum absolute atomic E-state index is 12.0. The van der Waals surface area contributed by atoms with Crippen molar-refractivity contribution in [2.45, 2.75) is 32.0 Å². The third-order valence-corrected chi connectivity index (χ3v) is 4.69. The molecule has 144 valence electrons. The van der Waals surface area contributed by atoms with Gasteiger partial charge in [-0.15, -0.1) is 0 Å². The van der Waals surface area contributed by atoms with E-state index in [1.54, 1.807) is 13.2 Å². The minimum Gasteiger partial charge on any atom is -0.496 e. The molecule has 2 N–H and O–H groups in total. The van der Waals surface area contributed by atoms with Gasteiger partial charge in [-0.05, 0) is 36.6 Å². The second-order valence-electron chi connectivity index (χ2n) is 6.65. The summed E-state index contributed by atoms with van der Waals surface area (Å²) in [6.07, 6.45) is 0.905. The van der Waals surface area contributed by atoms with E-state index in [2.05, 4.69) is 17.6 Å². The Morgan fingerprint density at radius 1 is 1.22 bits per heavy atom. The molecule has 2 aromatic carbocycles. The summed E-state index contributed by atoms with van der Waals surface area (Å²) in [7, 11) is 2.92. The highest BCUT2D eigenvalue weighted by molar-refractivity contribution is 5.94. The Bertz CT molecular complexity index is 779. The molecule has 1 aliphatic heterocycles. The number of esters is 1. The van der Waals surface area contributed by atoms with Crippen LogP contribution in [-0.2, 0) is 16.1 Å². The van der Waals surface area contributed by atoms with Crippen molar-refractivity contribution < 1.29 is 19.0 Å². The smallest absolute Gasteiger partial charge is 0.341 e. The third kappa shape index (κ3) is 4.59. The summed E-state index contributed by atoms with van der Waals surface area (Å²) in [4.78, 5) is 12.0. The molecule has 0 saturated carbocycles. The van der Waals surface area contributed by atoms with E-state index in [0.29, 0.717) is 24.7 Å². The van der Waals surface area contributed by atoms with Crippen molar-refractivity contribution in [3.05, 3.63) is 59.2 Å². The van der Waals surface area contributed by atoms with Crippen LogP contribution in [-0.4, -0.2) is 33.0 Å². The first-order chi connectivity index (χ1) is 13.1. The van der Waals surface area contributed by atoms with Gasteiger partial charge in [0.2, 0.25) is 0 Å². The maximum Gasteiger partial charge on any atom is 0.341 e. The summed E-state index contributed by atoms with van der Waals surface area (Å²) in [5.74, 6) is 0.0966. The van der Waals surface area contributed by atoms with Gasteiger partial charge in [-0.3, -0.25) is 5.32 Å². The highest BCUT2D eigenvalue weighted by Crippen LogP contribution is 2.37. The summed E-state index contributed by atoms with van der Waals surface area (Å²) in [6.45, 7) is 3.11. The fourth-order valence-corrected chi connectivity index (χ4v) is 3.35. The van der Waals surface area contributed by atoms with Crippen molar-refractivity contribution in [1.29, 1.82) is 0 Å². The van der Waals surface area contributed by atoms with Gasteiger partial charge in [-0.2, -0.15) is 0 Å². The predicted octanol–water partition coefficient (Wildman–Crippen LogP) is 3.49. The molecule has 0 bridgehead atoms. The van der Waals surface area contributed by atoms with E-state index in [4.69, 9.17) is 14.2 Å². The van der Waals surface area contributed by atoms with E-state index in [0.717, 1.165) is 23.2 Å². The highest BCUT2D eigenvalue weighted by Gasteiger charge is 2.27. The lowest BCUT2D eigenvalue weighted by Crippen LogP contribution is -2.34. The summed E-state index contributed by atoms with van der Waals surface area (Å²) < 4.78 is 16.0. The molecule has 1 heterocycles. The van der Waals surface area contributed by atoms with Crippen molar-refractivity contribution >= 4 is 11.7 Å². The van der Waals surface area contributed by atoms with E-state index < -0.39 is 5.97 Å². The Hall–Kier alpha value is -2.57. The maximum atomic E-state index is 12.0. The number of anilines is 1. The first-order valence-electron chi connectivity index (χ1n) is 9.04. The molecule has 0 unspecified atom stereocenters. The van der Waals surface area contributed by atoms with E-state index in [-0.39, 0.29) is 12.1 Å². The lowest BCUT2D eigenvalue weighted by Gasteiger charge is -2.32. The van der Waals surface area contributed by atoms with E-state index in [9.17, 15) is 4.79 Å². The normalized spacial score (nSPS) is 18.3. The van der Waals surface area contributed by atoms with Crippen LogP contribution in [0.4, 0.5) is 5.69 Å². The van der Waals surface area contributed by atoms with Crippen molar-refractivity contribution in [3.8, 4) is 5.75 Å². The first kappa shape index (κ1) is 19.2. The number of hydrogen-bond donors (Lipinski definition) is 2. The van der Waals surface area contributed by atoms with Crippen LogP contribution < -0.4 is 15.4 Å². The Morgan fingerprint density at radius 3 is 2.70 bits per heavy atom. The fraction of sp³-hybridized carbons (Fsp3) is 0.381. The van der Waals surface area contributed by atoms with Gasteiger partial charge in [0.15, 0.2) is 0 Å². The number of nitrogens with one attached hydrogen (secondary N) is 2. The number of ether oxygens (including phenoxy) is 3. The molecule has 3 rings (SSSR count). The summed E-state index contributed by atoms with van der Waals surface area (Å²) in [5.41, 5.74) is 3.53. The molecule has 2 aromatic rings. The van der Waals surface area contributed by atoms with Crippen LogP contribution >= 0.6 is 0 Å². The number of hydrogen-bond acceptors (Lipinski definition) is 6. The number of carbonyl (C=O) groups excluding carboxylic acids is 1. The third-order valence-electron chi connectivity index (χ3n) is 4.69. The lowest BCUT2D eigenvalue weighted by molar-refractivity contribution is 0.0597. The van der Waals surface area contributed by atoms with E-state index in [1.807, 2.05) is 36.4 Å². The standard InChI is InChI=1S/C21H26N2O4/c1-14-9-18(22-13-27-12-15-7-5-4-6-8-15)16-11-20(25-2)17(21(24)26-3)10-19(16)23-14/h4-8,10-11,14,18,22-23H,9,12-13H2,1-3H3/t14-,18+/m0/s1. The number of carbonyl (C=O) groups is 1. The average molecular weight is 370 g/mol. The minimum atomic E-state index is -0.412. The highest BCUT2D eigenvalue weighted by atomic mass is 16.5. The molecule has 0 aliphatic carbocycles. The van der Waals surface area contributed by atoms with Gasteiger partial charge in [-0.1, -0.05) is 30.3 Å². The number of benzene rings is 2. The average Bonchev–Trinajstić information content (AvgIpc) is 2.70. The number of fused-ring (bicyclic) bond motifs is 1. The van der Waals surface area contributed by atoms with Gasteiger partial charge in [0.1, 0.15) is 11.3 Å². The van der Waals surface area contributed by atoms with Gasteiger partial charge in [0.25, 0.3) is 0 Å². The van der Waals surface area contributed by atoms with Crippen molar-refractivity contribution in [3.63, 3.8) is 0 Å². The largest absolute Gasteiger partial charge is 0.496 e. The molecule has 1 aliphatic rings. The molecule has 0 saturated heterocycles. The molecule has 0 radical (unpaired) electrons. The molecule has 2 atom stereocenters. The minimum absolute atomic E-state index is 0.104. The van der Waals surface area contributed by atoms with Crippen LogP contribution in [0.25, 0.3) is 0 Å². The zero-order valence-corrected chi connectivity index (χ0v) is 16.0. The first-order valence-corrected chi connectivity index (χ1v) is 9.04. The van der Waals surface area contributed by atoms with Crippen LogP contribution in [0.5, 0.6) is 5.75 Å².